The molecule has 3 aromatic rings. The number of carbonyl (C=O) groups is 1. The van der Waals surface area contributed by atoms with E-state index < -0.39 is 0 Å². The van der Waals surface area contributed by atoms with Crippen molar-refractivity contribution in [2.45, 2.75) is 32.4 Å². The lowest BCUT2D eigenvalue weighted by atomic mass is 10.1. The molecule has 0 bridgehead atoms. The van der Waals surface area contributed by atoms with E-state index in [0.29, 0.717) is 36.4 Å². The predicted octanol–water partition coefficient (Wildman–Crippen LogP) is 4.36. The summed E-state index contributed by atoms with van der Waals surface area (Å²) in [6.45, 7) is 8.62. The van der Waals surface area contributed by atoms with Crippen molar-refractivity contribution in [3.63, 3.8) is 0 Å². The number of aromatic nitrogens is 4. The largest absolute Gasteiger partial charge is 0.382 e. The van der Waals surface area contributed by atoms with Gasteiger partial charge in [0.1, 0.15) is 5.02 Å². The molecule has 8 nitrogen and oxygen atoms in total. The number of anilines is 3. The maximum absolute atomic E-state index is 11.6. The lowest BCUT2D eigenvalue weighted by Crippen LogP contribution is -2.31. The van der Waals surface area contributed by atoms with Crippen LogP contribution in [0.3, 0.4) is 0 Å². The van der Waals surface area contributed by atoms with Gasteiger partial charge in [0.25, 0.3) is 0 Å². The molecule has 0 atom stereocenters. The lowest BCUT2D eigenvalue weighted by Gasteiger charge is -2.24. The number of allylic oxidation sites excluding steroid dienone is 1. The summed E-state index contributed by atoms with van der Waals surface area (Å²) in [4.78, 5) is 20.3. The zero-order valence-electron chi connectivity index (χ0n) is 18.4. The zero-order valence-corrected chi connectivity index (χ0v) is 19.2. The normalized spacial score (nSPS) is 11.2. The van der Waals surface area contributed by atoms with Crippen LogP contribution in [0, 0.1) is 0 Å². The minimum atomic E-state index is -0.285. The monoisotopic (exact) mass is 454 g/mol. The Balaban J connectivity index is 1.68. The van der Waals surface area contributed by atoms with Crippen LogP contribution in [0.1, 0.15) is 25.0 Å². The fourth-order valence-electron chi connectivity index (χ4n) is 3.13. The molecule has 3 rings (SSSR count). The van der Waals surface area contributed by atoms with E-state index >= 15 is 0 Å². The summed E-state index contributed by atoms with van der Waals surface area (Å²) in [5.41, 5.74) is 2.40. The molecule has 0 fully saturated rings. The first-order valence-electron chi connectivity index (χ1n) is 10.1. The molecule has 0 aliphatic carbocycles. The zero-order chi connectivity index (χ0) is 23.1. The van der Waals surface area contributed by atoms with E-state index in [1.165, 1.54) is 12.3 Å². The molecule has 1 aromatic carbocycles. The quantitative estimate of drug-likeness (QED) is 0.415. The summed E-state index contributed by atoms with van der Waals surface area (Å²) in [6.07, 6.45) is 6.78. The third kappa shape index (κ3) is 6.15. The molecule has 0 saturated carbocycles. The Hall–Kier alpha value is -3.23. The minimum absolute atomic E-state index is 0.0152. The highest BCUT2D eigenvalue weighted by molar-refractivity contribution is 6.32. The second-order valence-corrected chi connectivity index (χ2v) is 8.36. The topological polar surface area (TPSA) is 94.0 Å². The maximum atomic E-state index is 11.6. The number of halogens is 1. The highest BCUT2D eigenvalue weighted by Gasteiger charge is 2.21. The maximum Gasteiger partial charge on any atom is 0.229 e. The Morgan fingerprint density at radius 3 is 2.84 bits per heavy atom. The fourth-order valence-corrected chi connectivity index (χ4v) is 3.28. The van der Waals surface area contributed by atoms with Crippen LogP contribution in [0.5, 0.6) is 0 Å². The predicted molar refractivity (Wildman–Crippen MR) is 126 cm³/mol. The molecule has 0 spiro atoms. The van der Waals surface area contributed by atoms with Gasteiger partial charge in [0.15, 0.2) is 11.6 Å². The smallest absolute Gasteiger partial charge is 0.229 e. The summed E-state index contributed by atoms with van der Waals surface area (Å²) in [6, 6.07) is 7.77. The Kier molecular flexibility index (Phi) is 7.61. The van der Waals surface area contributed by atoms with Crippen LogP contribution in [0.25, 0.3) is 0 Å². The first-order valence-corrected chi connectivity index (χ1v) is 10.5. The number of carbonyl (C=O) groups excluding carboxylic acids is 1. The van der Waals surface area contributed by atoms with Gasteiger partial charge in [-0.3, -0.25) is 9.48 Å². The third-order valence-electron chi connectivity index (χ3n) is 4.76. The minimum Gasteiger partial charge on any atom is -0.382 e. The van der Waals surface area contributed by atoms with Crippen molar-refractivity contribution < 1.29 is 9.53 Å². The molecule has 0 radical (unpaired) electrons. The van der Waals surface area contributed by atoms with Gasteiger partial charge in [-0.2, -0.15) is 10.1 Å². The van der Waals surface area contributed by atoms with Crippen LogP contribution < -0.4 is 10.6 Å². The number of hydrogen-bond acceptors (Lipinski definition) is 7. The average molecular weight is 455 g/mol. The van der Waals surface area contributed by atoms with Crippen LogP contribution in [0.15, 0.2) is 55.5 Å². The average Bonchev–Trinajstić information content (AvgIpc) is 3.24. The van der Waals surface area contributed by atoms with Gasteiger partial charge in [-0.25, -0.2) is 4.98 Å². The van der Waals surface area contributed by atoms with E-state index in [-0.39, 0.29) is 11.3 Å². The molecular formula is C23H27ClN6O2. The Morgan fingerprint density at radius 1 is 1.31 bits per heavy atom. The number of ether oxygens (including phenoxy) is 1. The van der Waals surface area contributed by atoms with Crippen LogP contribution >= 0.6 is 11.6 Å². The second-order valence-electron chi connectivity index (χ2n) is 7.95. The molecule has 0 unspecified atom stereocenters. The molecule has 2 aromatic heterocycles. The summed E-state index contributed by atoms with van der Waals surface area (Å²) in [5, 5.41) is 11.2. The third-order valence-corrected chi connectivity index (χ3v) is 5.03. The van der Waals surface area contributed by atoms with Crippen LogP contribution in [-0.4, -0.2) is 39.2 Å². The Bertz CT molecular complexity index is 1100. The Labute approximate surface area is 192 Å². The number of nitrogens with zero attached hydrogens (tertiary/aromatic N) is 4. The van der Waals surface area contributed by atoms with Crippen molar-refractivity contribution in [1.29, 1.82) is 0 Å². The van der Waals surface area contributed by atoms with Crippen LogP contribution in [0.4, 0.5) is 17.5 Å². The molecule has 32 heavy (non-hydrogen) atoms. The Morgan fingerprint density at radius 2 is 2.09 bits per heavy atom. The van der Waals surface area contributed by atoms with Crippen molar-refractivity contribution in [2.75, 3.05) is 24.4 Å². The van der Waals surface area contributed by atoms with Gasteiger partial charge in [0.05, 0.1) is 30.2 Å². The summed E-state index contributed by atoms with van der Waals surface area (Å²) < 4.78 is 7.09. The van der Waals surface area contributed by atoms with Gasteiger partial charge < -0.3 is 15.4 Å². The summed E-state index contributed by atoms with van der Waals surface area (Å²) in [5.74, 6) is 0.883. The first kappa shape index (κ1) is 23.4. The fraction of sp³-hybridized carbons (Fsp3) is 0.304. The van der Waals surface area contributed by atoms with E-state index in [2.05, 4.69) is 32.3 Å². The number of benzene rings is 1. The number of ketones is 1. The molecule has 168 valence electrons. The standard InChI is InChI=1S/C23H27ClN6O2/c1-5-19(31)10-16-7-6-8-17(9-16)11-25-21-20(24)13-26-22(29-21)28-18-12-27-30(14-18)23(2,3)15-32-4/h5-9,12-14H,1,10-11,15H2,2-4H3,(H2,25,26,28,29). The number of nitrogens with one attached hydrogen (secondary N) is 2. The van der Waals surface area contributed by atoms with Crippen molar-refractivity contribution >= 4 is 34.8 Å². The van der Waals surface area contributed by atoms with E-state index in [1.54, 1.807) is 13.3 Å². The van der Waals surface area contributed by atoms with E-state index in [4.69, 9.17) is 16.3 Å². The summed E-state index contributed by atoms with van der Waals surface area (Å²) >= 11 is 6.28. The van der Waals surface area contributed by atoms with Gasteiger partial charge in [0.2, 0.25) is 5.95 Å². The number of methoxy groups -OCH3 is 1. The van der Waals surface area contributed by atoms with Gasteiger partial charge in [-0.1, -0.05) is 42.4 Å². The molecule has 0 saturated heterocycles. The molecule has 9 heteroatoms. The lowest BCUT2D eigenvalue weighted by molar-refractivity contribution is -0.114. The van der Waals surface area contributed by atoms with E-state index in [0.717, 1.165) is 16.8 Å². The van der Waals surface area contributed by atoms with Gasteiger partial charge in [-0.15, -0.1) is 0 Å². The van der Waals surface area contributed by atoms with Crippen LogP contribution in [0.2, 0.25) is 5.02 Å². The molecule has 0 aliphatic heterocycles. The molecule has 2 heterocycles. The van der Waals surface area contributed by atoms with Gasteiger partial charge in [0, 0.05) is 26.3 Å². The molecular weight excluding hydrogens is 428 g/mol. The van der Waals surface area contributed by atoms with E-state index in [9.17, 15) is 4.79 Å². The SMILES string of the molecule is C=CC(=O)Cc1cccc(CNc2nc(Nc3cnn(C(C)(C)COC)c3)ncc2Cl)c1. The number of rotatable bonds is 11. The highest BCUT2D eigenvalue weighted by Crippen LogP contribution is 2.23. The number of hydrogen-bond donors (Lipinski definition) is 2. The van der Waals surface area contributed by atoms with E-state index in [1.807, 2.05) is 49.0 Å². The van der Waals surface area contributed by atoms with Crippen molar-refractivity contribution in [1.82, 2.24) is 19.7 Å². The highest BCUT2D eigenvalue weighted by atomic mass is 35.5. The van der Waals surface area contributed by atoms with Crippen molar-refractivity contribution in [2.24, 2.45) is 0 Å². The molecule has 2 N–H and O–H groups in total. The van der Waals surface area contributed by atoms with Gasteiger partial charge in [-0.05, 0) is 31.1 Å². The van der Waals surface area contributed by atoms with Gasteiger partial charge >= 0.3 is 0 Å². The van der Waals surface area contributed by atoms with Crippen LogP contribution in [-0.2, 0) is 28.0 Å². The summed E-state index contributed by atoms with van der Waals surface area (Å²) in [7, 11) is 1.66. The second kappa shape index (κ2) is 10.4. The van der Waals surface area contributed by atoms with Crippen molar-refractivity contribution in [3.05, 3.63) is 71.7 Å². The molecule has 0 amide bonds. The first-order chi connectivity index (χ1) is 15.3. The van der Waals surface area contributed by atoms with Crippen molar-refractivity contribution in [3.8, 4) is 0 Å². The molecule has 0 aliphatic rings.